The third kappa shape index (κ3) is 6.45. The first kappa shape index (κ1) is 19.1. The smallest absolute Gasteiger partial charge is 0.328 e. The Kier molecular flexibility index (Phi) is 8.55. The van der Waals surface area contributed by atoms with Gasteiger partial charge in [0.05, 0.1) is 6.34 Å². The summed E-state index contributed by atoms with van der Waals surface area (Å²) in [4.78, 5) is 15.0. The van der Waals surface area contributed by atoms with Crippen molar-refractivity contribution in [3.63, 3.8) is 0 Å². The van der Waals surface area contributed by atoms with Crippen molar-refractivity contribution in [2.75, 3.05) is 6.54 Å². The van der Waals surface area contributed by atoms with Crippen LogP contribution < -0.4 is 11.5 Å². The van der Waals surface area contributed by atoms with Gasteiger partial charge >= 0.3 is 5.97 Å². The predicted molar refractivity (Wildman–Crippen MR) is 96.4 cm³/mol. The van der Waals surface area contributed by atoms with E-state index in [1.807, 2.05) is 30.3 Å². The number of carbonyl (C=O) groups is 1. The number of fused-ring (bicyclic) bond motifs is 1. The molecule has 7 nitrogen and oxygen atoms in total. The molecule has 2 aromatic rings. The van der Waals surface area contributed by atoms with Crippen LogP contribution in [0.25, 0.3) is 17.0 Å². The monoisotopic (exact) mass is 330 g/mol. The second kappa shape index (κ2) is 10.7. The van der Waals surface area contributed by atoms with E-state index in [4.69, 9.17) is 20.7 Å². The number of benzene rings is 1. The number of para-hydroxylation sites is 1. The Hall–Kier alpha value is -2.93. The molecule has 1 unspecified atom stereocenters. The molecule has 1 aromatic carbocycles. The summed E-state index contributed by atoms with van der Waals surface area (Å²) in [7, 11) is 0. The van der Waals surface area contributed by atoms with Gasteiger partial charge in [-0.1, -0.05) is 18.2 Å². The van der Waals surface area contributed by atoms with Crippen molar-refractivity contribution in [3.8, 4) is 0 Å². The normalized spacial score (nSPS) is 12.2. The number of nitrogens with zero attached hydrogens (tertiary/aromatic N) is 1. The average molecular weight is 330 g/mol. The highest BCUT2D eigenvalue weighted by Gasteiger charge is 2.13. The first-order valence-electron chi connectivity index (χ1n) is 7.44. The van der Waals surface area contributed by atoms with Crippen LogP contribution in [0.15, 0.2) is 45.8 Å². The van der Waals surface area contributed by atoms with Crippen LogP contribution >= 0.6 is 0 Å². The standard InChI is InChI=1S/C16H18N2O3.CH4N2/c17-9-3-7-14(16(19)20)18-10-4-6-13-11-12-5-1-2-8-15(12)21-13;2-1-3/h1-2,4-6,8,10-11,14H,3,7,9,17H2,(H,19,20);1H,(H3,2,3)/b6-4+,18-10?;. The molecule has 2 rings (SSSR count). The van der Waals surface area contributed by atoms with Crippen LogP contribution in [0.5, 0.6) is 0 Å². The number of nitrogens with two attached hydrogens (primary N) is 2. The maximum atomic E-state index is 11.0. The minimum absolute atomic E-state index is 0.445. The van der Waals surface area contributed by atoms with Crippen molar-refractivity contribution in [2.24, 2.45) is 16.5 Å². The van der Waals surface area contributed by atoms with Crippen molar-refractivity contribution < 1.29 is 14.3 Å². The first-order chi connectivity index (χ1) is 11.6. The Morgan fingerprint density at radius 1 is 1.42 bits per heavy atom. The van der Waals surface area contributed by atoms with Gasteiger partial charge in [0.15, 0.2) is 0 Å². The molecule has 0 aliphatic heterocycles. The van der Waals surface area contributed by atoms with Crippen molar-refractivity contribution in [3.05, 3.63) is 42.2 Å². The molecule has 1 heterocycles. The second-order valence-corrected chi connectivity index (χ2v) is 4.80. The minimum Gasteiger partial charge on any atom is -0.480 e. The molecule has 7 heteroatoms. The Bertz CT molecular complexity index is 674. The Morgan fingerprint density at radius 3 is 2.75 bits per heavy atom. The molecule has 0 saturated carbocycles. The zero-order chi connectivity index (χ0) is 17.8. The number of rotatable bonds is 7. The lowest BCUT2D eigenvalue weighted by molar-refractivity contribution is -0.138. The third-order valence-corrected chi connectivity index (χ3v) is 3.02. The van der Waals surface area contributed by atoms with Crippen LogP contribution in [-0.2, 0) is 4.79 Å². The zero-order valence-corrected chi connectivity index (χ0v) is 13.3. The molecular formula is C17H22N4O3. The Morgan fingerprint density at radius 2 is 2.12 bits per heavy atom. The van der Waals surface area contributed by atoms with Crippen LogP contribution in [0.3, 0.4) is 0 Å². The van der Waals surface area contributed by atoms with Gasteiger partial charge in [0.1, 0.15) is 17.4 Å². The Labute approximate surface area is 140 Å². The topological polar surface area (TPSA) is 139 Å². The van der Waals surface area contributed by atoms with Crippen molar-refractivity contribution >= 4 is 35.6 Å². The summed E-state index contributed by atoms with van der Waals surface area (Å²) >= 11 is 0. The van der Waals surface area contributed by atoms with Gasteiger partial charge in [-0.25, -0.2) is 4.79 Å². The summed E-state index contributed by atoms with van der Waals surface area (Å²) in [6.45, 7) is 0.466. The summed E-state index contributed by atoms with van der Waals surface area (Å²) in [6.07, 6.45) is 6.76. The third-order valence-electron chi connectivity index (χ3n) is 3.02. The van der Waals surface area contributed by atoms with E-state index in [-0.39, 0.29) is 0 Å². The number of aliphatic imine (C=N–C) groups is 1. The molecule has 128 valence electrons. The molecule has 24 heavy (non-hydrogen) atoms. The minimum atomic E-state index is -0.933. The summed E-state index contributed by atoms with van der Waals surface area (Å²) in [5.41, 5.74) is 10.6. The molecular weight excluding hydrogens is 308 g/mol. The SMILES string of the molecule is N=CN.NCCCC(N=C/C=C/c1cc2ccccc2o1)C(=O)O. The average Bonchev–Trinajstić information content (AvgIpc) is 2.97. The summed E-state index contributed by atoms with van der Waals surface area (Å²) in [6, 6.07) is 8.90. The van der Waals surface area contributed by atoms with Gasteiger partial charge in [0.2, 0.25) is 0 Å². The maximum Gasteiger partial charge on any atom is 0.328 e. The zero-order valence-electron chi connectivity index (χ0n) is 13.3. The highest BCUT2D eigenvalue weighted by atomic mass is 16.4. The van der Waals surface area contributed by atoms with Crippen LogP contribution in [0.1, 0.15) is 18.6 Å². The van der Waals surface area contributed by atoms with Gasteiger partial charge in [0, 0.05) is 11.6 Å². The van der Waals surface area contributed by atoms with Crippen molar-refractivity contribution in [2.45, 2.75) is 18.9 Å². The molecule has 0 amide bonds. The lowest BCUT2D eigenvalue weighted by Crippen LogP contribution is -2.19. The number of hydrogen-bond acceptors (Lipinski definition) is 5. The molecule has 0 aliphatic rings. The van der Waals surface area contributed by atoms with E-state index >= 15 is 0 Å². The lowest BCUT2D eigenvalue weighted by Gasteiger charge is -2.04. The van der Waals surface area contributed by atoms with Crippen molar-refractivity contribution in [1.29, 1.82) is 5.41 Å². The van der Waals surface area contributed by atoms with Crippen LogP contribution in [-0.4, -0.2) is 36.2 Å². The van der Waals surface area contributed by atoms with E-state index in [9.17, 15) is 4.79 Å². The Balaban J connectivity index is 0.000000891. The van der Waals surface area contributed by atoms with Gasteiger partial charge in [0.25, 0.3) is 0 Å². The molecule has 0 saturated heterocycles. The molecule has 0 aliphatic carbocycles. The van der Waals surface area contributed by atoms with Gasteiger partial charge in [-0.05, 0) is 43.7 Å². The number of nitrogens with one attached hydrogen (secondary N) is 1. The van der Waals surface area contributed by atoms with Gasteiger partial charge in [-0.3, -0.25) is 10.4 Å². The lowest BCUT2D eigenvalue weighted by atomic mass is 10.1. The van der Waals surface area contributed by atoms with Crippen molar-refractivity contribution in [1.82, 2.24) is 0 Å². The molecule has 0 fully saturated rings. The predicted octanol–water partition coefficient (Wildman–Crippen LogP) is 2.26. The fourth-order valence-corrected chi connectivity index (χ4v) is 1.95. The number of carboxylic acid groups (broad SMARTS) is 1. The maximum absolute atomic E-state index is 11.0. The number of carboxylic acids is 1. The molecule has 0 spiro atoms. The van der Waals surface area contributed by atoms with Crippen LogP contribution in [0.2, 0.25) is 0 Å². The van der Waals surface area contributed by atoms with Crippen LogP contribution in [0, 0.1) is 5.41 Å². The fraction of sp³-hybridized carbons (Fsp3) is 0.235. The number of allylic oxidation sites excluding steroid dienone is 1. The fourth-order valence-electron chi connectivity index (χ4n) is 1.95. The summed E-state index contributed by atoms with van der Waals surface area (Å²) in [5.74, 6) is -0.228. The number of furan rings is 1. The van der Waals surface area contributed by atoms with E-state index < -0.39 is 12.0 Å². The quantitative estimate of drug-likeness (QED) is 0.455. The molecule has 1 atom stereocenters. The number of hydrogen-bond donors (Lipinski definition) is 4. The highest BCUT2D eigenvalue weighted by molar-refractivity contribution is 5.84. The molecule has 6 N–H and O–H groups in total. The first-order valence-corrected chi connectivity index (χ1v) is 7.44. The summed E-state index contributed by atoms with van der Waals surface area (Å²) < 4.78 is 5.61. The van der Waals surface area contributed by atoms with Gasteiger partial charge in [-0.2, -0.15) is 0 Å². The highest BCUT2D eigenvalue weighted by Crippen LogP contribution is 2.19. The van der Waals surface area contributed by atoms with E-state index in [1.54, 1.807) is 12.2 Å². The van der Waals surface area contributed by atoms with Crippen LogP contribution in [0.4, 0.5) is 0 Å². The van der Waals surface area contributed by atoms with E-state index in [0.717, 1.165) is 17.3 Å². The van der Waals surface area contributed by atoms with E-state index in [2.05, 4.69) is 10.7 Å². The summed E-state index contributed by atoms with van der Waals surface area (Å²) in [5, 5.41) is 15.9. The second-order valence-electron chi connectivity index (χ2n) is 4.80. The van der Waals surface area contributed by atoms with Gasteiger partial charge in [-0.15, -0.1) is 0 Å². The van der Waals surface area contributed by atoms with E-state index in [0.29, 0.717) is 25.1 Å². The molecule has 0 bridgehead atoms. The molecule has 1 aromatic heterocycles. The number of aliphatic carboxylic acids is 1. The molecule has 0 radical (unpaired) electrons. The largest absolute Gasteiger partial charge is 0.480 e. The van der Waals surface area contributed by atoms with Gasteiger partial charge < -0.3 is 21.0 Å². The van der Waals surface area contributed by atoms with E-state index in [1.165, 1.54) is 6.21 Å².